The van der Waals surface area contributed by atoms with Crippen LogP contribution in [0.3, 0.4) is 0 Å². The molecule has 0 saturated carbocycles. The number of aromatic nitrogens is 1. The van der Waals surface area contributed by atoms with Gasteiger partial charge in [-0.2, -0.15) is 5.10 Å². The highest BCUT2D eigenvalue weighted by molar-refractivity contribution is 7.07. The molecular formula is C21H22ClN3O3S. The summed E-state index contributed by atoms with van der Waals surface area (Å²) < 4.78 is 18.2. The Hall–Kier alpha value is -2.77. The molecule has 0 fully saturated rings. The van der Waals surface area contributed by atoms with E-state index in [2.05, 4.69) is 27.1 Å². The van der Waals surface area contributed by atoms with E-state index < -0.39 is 0 Å². The largest absolute Gasteiger partial charge is 0.493 e. The quantitative estimate of drug-likeness (QED) is 0.397. The van der Waals surface area contributed by atoms with Gasteiger partial charge in [0.1, 0.15) is 0 Å². The van der Waals surface area contributed by atoms with Gasteiger partial charge in [-0.3, -0.25) is 0 Å². The first-order chi connectivity index (χ1) is 14.1. The van der Waals surface area contributed by atoms with Crippen molar-refractivity contribution in [3.8, 4) is 28.5 Å². The van der Waals surface area contributed by atoms with Crippen molar-refractivity contribution < 1.29 is 14.2 Å². The number of nitrogens with zero attached hydrogens (tertiary/aromatic N) is 3. The fourth-order valence-electron chi connectivity index (χ4n) is 2.89. The van der Waals surface area contributed by atoms with Crippen molar-refractivity contribution >= 4 is 29.2 Å². The topological polar surface area (TPSA) is 57.3 Å². The van der Waals surface area contributed by atoms with Gasteiger partial charge in [-0.15, -0.1) is 16.4 Å². The van der Waals surface area contributed by atoms with Crippen molar-refractivity contribution in [1.29, 1.82) is 0 Å². The van der Waals surface area contributed by atoms with E-state index in [0.29, 0.717) is 22.3 Å². The molecule has 0 N–H and O–H groups in total. The predicted octanol–water partition coefficient (Wildman–Crippen LogP) is 4.85. The molecule has 2 aromatic carbocycles. The van der Waals surface area contributed by atoms with Crippen molar-refractivity contribution in [3.63, 3.8) is 0 Å². The molecule has 8 heteroatoms. The monoisotopic (exact) mass is 431 g/mol. The van der Waals surface area contributed by atoms with Gasteiger partial charge in [-0.05, 0) is 36.8 Å². The van der Waals surface area contributed by atoms with Crippen LogP contribution in [-0.4, -0.2) is 32.1 Å². The molecule has 1 aromatic heterocycles. The van der Waals surface area contributed by atoms with Crippen molar-refractivity contribution in [2.24, 2.45) is 10.2 Å². The van der Waals surface area contributed by atoms with E-state index in [1.165, 1.54) is 11.3 Å². The molecule has 3 aromatic rings. The number of methoxy groups -OCH3 is 3. The highest BCUT2D eigenvalue weighted by Crippen LogP contribution is 2.37. The lowest BCUT2D eigenvalue weighted by Crippen LogP contribution is -2.14. The maximum atomic E-state index is 6.00. The Kier molecular flexibility index (Phi) is 6.95. The Labute approximate surface area is 178 Å². The van der Waals surface area contributed by atoms with Gasteiger partial charge in [0.05, 0.1) is 33.2 Å². The molecule has 0 spiro atoms. The number of hydrogen-bond donors (Lipinski definition) is 0. The van der Waals surface area contributed by atoms with E-state index in [0.717, 1.165) is 28.2 Å². The second kappa shape index (κ2) is 9.62. The highest BCUT2D eigenvalue weighted by atomic mass is 35.5. The molecule has 152 valence electrons. The molecule has 0 saturated heterocycles. The van der Waals surface area contributed by atoms with Crippen LogP contribution in [0.1, 0.15) is 12.5 Å². The Bertz CT molecular complexity index is 1050. The summed E-state index contributed by atoms with van der Waals surface area (Å²) in [6, 6.07) is 11.4. The number of halogens is 1. The SMILES string of the molecule is CCn1c(-c2ccc(Cl)cc2)cs/c1=N\N=C/c1cc(OC)c(OC)c(OC)c1. The Morgan fingerprint density at radius 2 is 1.69 bits per heavy atom. The van der Waals surface area contributed by atoms with Crippen LogP contribution >= 0.6 is 22.9 Å². The third-order valence-corrected chi connectivity index (χ3v) is 5.40. The lowest BCUT2D eigenvalue weighted by molar-refractivity contribution is 0.324. The molecule has 3 rings (SSSR count). The maximum Gasteiger partial charge on any atom is 0.211 e. The molecule has 0 aliphatic heterocycles. The first kappa shape index (κ1) is 21.0. The summed E-state index contributed by atoms with van der Waals surface area (Å²) in [5.74, 6) is 1.68. The number of benzene rings is 2. The Morgan fingerprint density at radius 1 is 1.03 bits per heavy atom. The second-order valence-electron chi connectivity index (χ2n) is 5.96. The molecule has 0 radical (unpaired) electrons. The zero-order valence-corrected chi connectivity index (χ0v) is 18.3. The van der Waals surface area contributed by atoms with Crippen LogP contribution in [0.5, 0.6) is 17.2 Å². The first-order valence-corrected chi connectivity index (χ1v) is 10.2. The molecule has 0 bridgehead atoms. The van der Waals surface area contributed by atoms with Crippen LogP contribution in [0.15, 0.2) is 52.0 Å². The van der Waals surface area contributed by atoms with E-state index in [-0.39, 0.29) is 0 Å². The number of hydrogen-bond acceptors (Lipinski definition) is 6. The smallest absolute Gasteiger partial charge is 0.211 e. The van der Waals surface area contributed by atoms with Crippen LogP contribution in [0.4, 0.5) is 0 Å². The summed E-state index contributed by atoms with van der Waals surface area (Å²) >= 11 is 7.54. The molecule has 29 heavy (non-hydrogen) atoms. The molecule has 0 amide bonds. The molecule has 0 aliphatic carbocycles. The average Bonchev–Trinajstić information content (AvgIpc) is 3.16. The molecule has 0 aliphatic rings. The minimum Gasteiger partial charge on any atom is -0.493 e. The summed E-state index contributed by atoms with van der Waals surface area (Å²) in [6.07, 6.45) is 1.66. The fraction of sp³-hybridized carbons (Fsp3) is 0.238. The van der Waals surface area contributed by atoms with Gasteiger partial charge in [0.25, 0.3) is 0 Å². The third kappa shape index (κ3) is 4.63. The summed E-state index contributed by atoms with van der Waals surface area (Å²) in [4.78, 5) is 0.807. The van der Waals surface area contributed by atoms with Gasteiger partial charge in [-0.1, -0.05) is 23.7 Å². The van der Waals surface area contributed by atoms with Gasteiger partial charge in [0.2, 0.25) is 10.6 Å². The van der Waals surface area contributed by atoms with Gasteiger partial charge in [0, 0.05) is 22.5 Å². The van der Waals surface area contributed by atoms with Crippen LogP contribution < -0.4 is 19.0 Å². The highest BCUT2D eigenvalue weighted by Gasteiger charge is 2.12. The van der Waals surface area contributed by atoms with E-state index >= 15 is 0 Å². The van der Waals surface area contributed by atoms with Crippen molar-refractivity contribution in [3.05, 3.63) is 57.2 Å². The van der Waals surface area contributed by atoms with Crippen molar-refractivity contribution in [2.75, 3.05) is 21.3 Å². The van der Waals surface area contributed by atoms with Gasteiger partial charge >= 0.3 is 0 Å². The van der Waals surface area contributed by atoms with Crippen molar-refractivity contribution in [2.45, 2.75) is 13.5 Å². The van der Waals surface area contributed by atoms with E-state index in [1.807, 2.05) is 36.4 Å². The maximum absolute atomic E-state index is 6.00. The Morgan fingerprint density at radius 3 is 2.24 bits per heavy atom. The van der Waals surface area contributed by atoms with Crippen LogP contribution in [-0.2, 0) is 6.54 Å². The van der Waals surface area contributed by atoms with Crippen LogP contribution in [0.2, 0.25) is 5.02 Å². The third-order valence-electron chi connectivity index (χ3n) is 4.29. The zero-order chi connectivity index (χ0) is 20.8. The molecule has 1 heterocycles. The minimum atomic E-state index is 0.541. The normalized spacial score (nSPS) is 11.8. The Balaban J connectivity index is 1.94. The van der Waals surface area contributed by atoms with Gasteiger partial charge < -0.3 is 18.8 Å². The minimum absolute atomic E-state index is 0.541. The van der Waals surface area contributed by atoms with Gasteiger partial charge in [-0.25, -0.2) is 0 Å². The first-order valence-electron chi connectivity index (χ1n) is 8.92. The van der Waals surface area contributed by atoms with E-state index in [1.54, 1.807) is 27.5 Å². The zero-order valence-electron chi connectivity index (χ0n) is 16.7. The lowest BCUT2D eigenvalue weighted by atomic mass is 10.2. The number of thiazole rings is 1. The van der Waals surface area contributed by atoms with Crippen LogP contribution in [0, 0.1) is 0 Å². The summed E-state index contributed by atoms with van der Waals surface area (Å²) in [6.45, 7) is 2.86. The number of rotatable bonds is 7. The lowest BCUT2D eigenvalue weighted by Gasteiger charge is -2.12. The van der Waals surface area contributed by atoms with Gasteiger partial charge in [0.15, 0.2) is 11.5 Å². The van der Waals surface area contributed by atoms with Crippen molar-refractivity contribution in [1.82, 2.24) is 4.57 Å². The second-order valence-corrected chi connectivity index (χ2v) is 7.23. The predicted molar refractivity (Wildman–Crippen MR) is 118 cm³/mol. The fourth-order valence-corrected chi connectivity index (χ4v) is 3.94. The number of ether oxygens (including phenoxy) is 3. The van der Waals surface area contributed by atoms with E-state index in [4.69, 9.17) is 25.8 Å². The summed E-state index contributed by atoms with van der Waals surface area (Å²) in [5, 5.41) is 11.5. The summed E-state index contributed by atoms with van der Waals surface area (Å²) in [7, 11) is 4.73. The van der Waals surface area contributed by atoms with Crippen LogP contribution in [0.25, 0.3) is 11.3 Å². The summed E-state index contributed by atoms with van der Waals surface area (Å²) in [5.41, 5.74) is 2.96. The standard InChI is InChI=1S/C21H22ClN3O3S/c1-5-25-17(15-6-8-16(22)9-7-15)13-29-21(25)24-23-12-14-10-18(26-2)20(28-4)19(11-14)27-3/h6-13H,5H2,1-4H3/b23-12-,24-21-. The molecule has 0 atom stereocenters. The molecule has 6 nitrogen and oxygen atoms in total. The molecule has 0 unspecified atom stereocenters. The molecular weight excluding hydrogens is 410 g/mol. The average molecular weight is 432 g/mol. The van der Waals surface area contributed by atoms with E-state index in [9.17, 15) is 0 Å².